The number of amides is 1. The molecule has 0 bridgehead atoms. The summed E-state index contributed by atoms with van der Waals surface area (Å²) in [6.07, 6.45) is 5.32. The Morgan fingerprint density at radius 2 is 2.14 bits per heavy atom. The summed E-state index contributed by atoms with van der Waals surface area (Å²) in [5.74, 6) is 0.592. The van der Waals surface area contributed by atoms with Crippen molar-refractivity contribution in [2.75, 3.05) is 6.54 Å². The first-order valence-corrected chi connectivity index (χ1v) is 8.58. The molecule has 1 aromatic heterocycles. The summed E-state index contributed by atoms with van der Waals surface area (Å²) in [6.45, 7) is 9.98. The lowest BCUT2D eigenvalue weighted by molar-refractivity contribution is -0.121. The molecule has 0 spiro atoms. The van der Waals surface area contributed by atoms with Crippen LogP contribution in [0.1, 0.15) is 56.8 Å². The highest BCUT2D eigenvalue weighted by Gasteiger charge is 2.24. The summed E-state index contributed by atoms with van der Waals surface area (Å²) in [5, 5.41) is 3.94. The molecule has 0 aliphatic carbocycles. The fourth-order valence-corrected chi connectivity index (χ4v) is 3.17. The minimum absolute atomic E-state index is 0.106. The second kappa shape index (κ2) is 8.49. The quantitative estimate of drug-likeness (QED) is 0.775. The van der Waals surface area contributed by atoms with Gasteiger partial charge in [0.1, 0.15) is 5.01 Å². The van der Waals surface area contributed by atoms with Gasteiger partial charge in [0.05, 0.1) is 6.54 Å². The topological polar surface area (TPSA) is 68.0 Å². The van der Waals surface area contributed by atoms with Gasteiger partial charge in [-0.05, 0) is 37.1 Å². The minimum Gasteiger partial charge on any atom is -0.350 e. The van der Waals surface area contributed by atoms with Crippen LogP contribution >= 0.6 is 11.3 Å². The van der Waals surface area contributed by atoms with Crippen LogP contribution in [-0.4, -0.2) is 17.4 Å². The first-order chi connectivity index (χ1) is 9.86. The molecule has 5 heteroatoms. The number of nitrogens with two attached hydrogens (primary N) is 1. The van der Waals surface area contributed by atoms with Crippen LogP contribution in [0.5, 0.6) is 0 Å². The summed E-state index contributed by atoms with van der Waals surface area (Å²) in [6, 6.07) is 0. The smallest absolute Gasteiger partial charge is 0.220 e. The van der Waals surface area contributed by atoms with Gasteiger partial charge in [-0.3, -0.25) is 4.79 Å². The molecule has 0 aromatic carbocycles. The van der Waals surface area contributed by atoms with Crippen molar-refractivity contribution in [2.24, 2.45) is 17.1 Å². The second-order valence-corrected chi connectivity index (χ2v) is 7.73. The largest absolute Gasteiger partial charge is 0.350 e. The fraction of sp³-hybridized carbons (Fsp3) is 0.750. The molecule has 1 rings (SSSR count). The van der Waals surface area contributed by atoms with Gasteiger partial charge in [0.2, 0.25) is 5.91 Å². The molecule has 1 atom stereocenters. The van der Waals surface area contributed by atoms with Crippen molar-refractivity contribution in [1.29, 1.82) is 0 Å². The highest BCUT2D eigenvalue weighted by Crippen LogP contribution is 2.32. The number of nitrogens with zero attached hydrogens (tertiary/aromatic N) is 1. The maximum Gasteiger partial charge on any atom is 0.220 e. The number of carbonyl (C=O) groups excluding carboxylic acids is 1. The van der Waals surface area contributed by atoms with Crippen LogP contribution in [-0.2, 0) is 17.8 Å². The van der Waals surface area contributed by atoms with E-state index in [1.807, 2.05) is 6.20 Å². The van der Waals surface area contributed by atoms with E-state index in [4.69, 9.17) is 5.73 Å². The molecule has 0 radical (unpaired) electrons. The van der Waals surface area contributed by atoms with Gasteiger partial charge >= 0.3 is 0 Å². The molecule has 1 unspecified atom stereocenters. The molecule has 0 aliphatic heterocycles. The second-order valence-electron chi connectivity index (χ2n) is 6.53. The van der Waals surface area contributed by atoms with Gasteiger partial charge in [0.25, 0.3) is 0 Å². The molecular weight excluding hydrogens is 282 g/mol. The molecule has 0 fully saturated rings. The summed E-state index contributed by atoms with van der Waals surface area (Å²) in [5.41, 5.74) is 5.87. The van der Waals surface area contributed by atoms with Gasteiger partial charge in [0, 0.05) is 17.5 Å². The summed E-state index contributed by atoms with van der Waals surface area (Å²) in [4.78, 5) is 17.5. The van der Waals surface area contributed by atoms with Gasteiger partial charge in [0.15, 0.2) is 0 Å². The Labute approximate surface area is 132 Å². The number of carbonyl (C=O) groups is 1. The van der Waals surface area contributed by atoms with Crippen molar-refractivity contribution in [2.45, 2.75) is 59.9 Å². The Balaban J connectivity index is 2.35. The normalized spacial score (nSPS) is 13.2. The Hall–Kier alpha value is -0.940. The van der Waals surface area contributed by atoms with Crippen molar-refractivity contribution >= 4 is 17.2 Å². The van der Waals surface area contributed by atoms with Gasteiger partial charge < -0.3 is 11.1 Å². The zero-order valence-corrected chi connectivity index (χ0v) is 14.6. The highest BCUT2D eigenvalue weighted by atomic mass is 32.1. The van der Waals surface area contributed by atoms with E-state index < -0.39 is 0 Å². The van der Waals surface area contributed by atoms with E-state index in [-0.39, 0.29) is 11.3 Å². The average Bonchev–Trinajstić information content (AvgIpc) is 2.87. The SMILES string of the molecule is CCc1cnc(CNC(=O)CCC(CCN)C(C)(C)C)s1. The number of hydrogen-bond acceptors (Lipinski definition) is 4. The van der Waals surface area contributed by atoms with E-state index in [0.717, 1.165) is 24.3 Å². The van der Waals surface area contributed by atoms with E-state index in [1.165, 1.54) is 4.88 Å². The molecule has 120 valence electrons. The molecule has 1 amide bonds. The van der Waals surface area contributed by atoms with Crippen LogP contribution in [0.2, 0.25) is 0 Å². The van der Waals surface area contributed by atoms with E-state index in [0.29, 0.717) is 25.4 Å². The van der Waals surface area contributed by atoms with E-state index >= 15 is 0 Å². The Morgan fingerprint density at radius 3 is 2.67 bits per heavy atom. The molecule has 1 aromatic rings. The molecule has 0 aliphatic rings. The molecule has 0 saturated heterocycles. The van der Waals surface area contributed by atoms with Gasteiger partial charge in [-0.15, -0.1) is 11.3 Å². The maximum absolute atomic E-state index is 12.0. The number of nitrogens with one attached hydrogen (secondary N) is 1. The van der Waals surface area contributed by atoms with Crippen molar-refractivity contribution in [3.8, 4) is 0 Å². The van der Waals surface area contributed by atoms with Crippen LogP contribution in [0.3, 0.4) is 0 Å². The van der Waals surface area contributed by atoms with Crippen LogP contribution in [0.4, 0.5) is 0 Å². The third kappa shape index (κ3) is 6.57. The van der Waals surface area contributed by atoms with Crippen LogP contribution in [0.15, 0.2) is 6.20 Å². The zero-order chi connectivity index (χ0) is 15.9. The van der Waals surface area contributed by atoms with Gasteiger partial charge in [-0.1, -0.05) is 27.7 Å². The Kier molecular flexibility index (Phi) is 7.32. The van der Waals surface area contributed by atoms with E-state index in [9.17, 15) is 4.79 Å². The first kappa shape index (κ1) is 18.1. The molecule has 0 saturated carbocycles. The van der Waals surface area contributed by atoms with Crippen molar-refractivity contribution < 1.29 is 4.79 Å². The van der Waals surface area contributed by atoms with Crippen molar-refractivity contribution in [3.63, 3.8) is 0 Å². The van der Waals surface area contributed by atoms with Crippen molar-refractivity contribution in [3.05, 3.63) is 16.1 Å². The third-order valence-electron chi connectivity index (χ3n) is 3.85. The summed E-state index contributed by atoms with van der Waals surface area (Å²) < 4.78 is 0. The summed E-state index contributed by atoms with van der Waals surface area (Å²) >= 11 is 1.67. The average molecular weight is 311 g/mol. The maximum atomic E-state index is 12.0. The molecule has 1 heterocycles. The standard InChI is InChI=1S/C16H29N3OS/c1-5-13-10-19-15(21-13)11-18-14(20)7-6-12(8-9-17)16(2,3)4/h10,12H,5-9,11,17H2,1-4H3,(H,18,20). The number of aryl methyl sites for hydroxylation is 1. The number of thiazole rings is 1. The van der Waals surface area contributed by atoms with Crippen molar-refractivity contribution in [1.82, 2.24) is 10.3 Å². The first-order valence-electron chi connectivity index (χ1n) is 7.77. The zero-order valence-electron chi connectivity index (χ0n) is 13.7. The number of aromatic nitrogens is 1. The predicted octanol–water partition coefficient (Wildman–Crippen LogP) is 3.11. The van der Waals surface area contributed by atoms with E-state index in [1.54, 1.807) is 11.3 Å². The lowest BCUT2D eigenvalue weighted by Gasteiger charge is -2.30. The molecule has 4 nitrogen and oxygen atoms in total. The molecular formula is C16H29N3OS. The Morgan fingerprint density at radius 1 is 1.43 bits per heavy atom. The molecule has 3 N–H and O–H groups in total. The lowest BCUT2D eigenvalue weighted by Crippen LogP contribution is -2.27. The molecule has 21 heavy (non-hydrogen) atoms. The number of rotatable bonds is 8. The third-order valence-corrected chi connectivity index (χ3v) is 4.99. The lowest BCUT2D eigenvalue weighted by atomic mass is 9.76. The summed E-state index contributed by atoms with van der Waals surface area (Å²) in [7, 11) is 0. The van der Waals surface area contributed by atoms with E-state index in [2.05, 4.69) is 38.0 Å². The number of hydrogen-bond donors (Lipinski definition) is 2. The Bertz CT molecular complexity index is 437. The predicted molar refractivity (Wildman–Crippen MR) is 89.2 cm³/mol. The van der Waals surface area contributed by atoms with Gasteiger partial charge in [-0.2, -0.15) is 0 Å². The fourth-order valence-electron chi connectivity index (χ4n) is 2.37. The highest BCUT2D eigenvalue weighted by molar-refractivity contribution is 7.11. The van der Waals surface area contributed by atoms with Crippen LogP contribution in [0, 0.1) is 11.3 Å². The minimum atomic E-state index is 0.106. The monoisotopic (exact) mass is 311 g/mol. The van der Waals surface area contributed by atoms with Crippen LogP contribution in [0.25, 0.3) is 0 Å². The van der Waals surface area contributed by atoms with Crippen LogP contribution < -0.4 is 11.1 Å². The van der Waals surface area contributed by atoms with Gasteiger partial charge in [-0.25, -0.2) is 4.98 Å².